The largest absolute Gasteiger partial charge is 0.494 e. The predicted octanol–water partition coefficient (Wildman–Crippen LogP) is 2.77. The third kappa shape index (κ3) is 2.65. The first-order valence-electron chi connectivity index (χ1n) is 6.45. The number of hydrogen-bond donors (Lipinski definition) is 2. The molecule has 3 N–H and O–H groups in total. The SMILES string of the molecule is COc1ccc(C(NN)C2CCC(C)C2)cc1F. The lowest BCUT2D eigenvalue weighted by Gasteiger charge is -2.23. The summed E-state index contributed by atoms with van der Waals surface area (Å²) in [7, 11) is 1.47. The molecular formula is C14H21FN2O. The van der Waals surface area contributed by atoms with Crippen LogP contribution >= 0.6 is 0 Å². The van der Waals surface area contributed by atoms with E-state index < -0.39 is 0 Å². The van der Waals surface area contributed by atoms with Gasteiger partial charge in [-0.1, -0.05) is 19.4 Å². The topological polar surface area (TPSA) is 47.3 Å². The van der Waals surface area contributed by atoms with Crippen LogP contribution in [0.1, 0.15) is 37.8 Å². The zero-order chi connectivity index (χ0) is 13.1. The average Bonchev–Trinajstić information content (AvgIpc) is 2.77. The quantitative estimate of drug-likeness (QED) is 0.640. The molecule has 0 saturated heterocycles. The van der Waals surface area contributed by atoms with Crippen LogP contribution in [0.2, 0.25) is 0 Å². The molecule has 1 aliphatic carbocycles. The molecule has 3 atom stereocenters. The minimum absolute atomic E-state index is 0.0235. The van der Waals surface area contributed by atoms with Crippen LogP contribution in [-0.2, 0) is 0 Å². The molecule has 0 aromatic heterocycles. The summed E-state index contributed by atoms with van der Waals surface area (Å²) in [5.74, 6) is 6.80. The van der Waals surface area contributed by atoms with Crippen molar-refractivity contribution in [3.63, 3.8) is 0 Å². The molecule has 100 valence electrons. The van der Waals surface area contributed by atoms with Gasteiger partial charge in [-0.2, -0.15) is 0 Å². The number of hydrogen-bond acceptors (Lipinski definition) is 3. The van der Waals surface area contributed by atoms with Gasteiger partial charge in [0.15, 0.2) is 11.6 Å². The van der Waals surface area contributed by atoms with Crippen molar-refractivity contribution in [1.82, 2.24) is 5.43 Å². The van der Waals surface area contributed by atoms with E-state index >= 15 is 0 Å². The minimum atomic E-state index is -0.332. The van der Waals surface area contributed by atoms with Crippen LogP contribution in [0.5, 0.6) is 5.75 Å². The summed E-state index contributed by atoms with van der Waals surface area (Å²) in [6, 6.07) is 5.09. The lowest BCUT2D eigenvalue weighted by molar-refractivity contribution is 0.358. The highest BCUT2D eigenvalue weighted by Gasteiger charge is 2.29. The monoisotopic (exact) mass is 252 g/mol. The van der Waals surface area contributed by atoms with E-state index in [1.54, 1.807) is 6.07 Å². The molecule has 1 fully saturated rings. The van der Waals surface area contributed by atoms with Gasteiger partial charge >= 0.3 is 0 Å². The van der Waals surface area contributed by atoms with E-state index in [9.17, 15) is 4.39 Å². The molecule has 1 saturated carbocycles. The number of methoxy groups -OCH3 is 1. The molecule has 0 aliphatic heterocycles. The van der Waals surface area contributed by atoms with E-state index in [-0.39, 0.29) is 17.6 Å². The maximum absolute atomic E-state index is 13.7. The molecule has 1 aromatic rings. The lowest BCUT2D eigenvalue weighted by Crippen LogP contribution is -2.32. The van der Waals surface area contributed by atoms with E-state index in [0.29, 0.717) is 5.92 Å². The van der Waals surface area contributed by atoms with Gasteiger partial charge in [0.2, 0.25) is 0 Å². The third-order valence-electron chi connectivity index (χ3n) is 3.92. The smallest absolute Gasteiger partial charge is 0.165 e. The van der Waals surface area contributed by atoms with Crippen molar-refractivity contribution in [2.45, 2.75) is 32.2 Å². The van der Waals surface area contributed by atoms with Crippen LogP contribution < -0.4 is 16.0 Å². The molecule has 0 heterocycles. The number of halogens is 1. The van der Waals surface area contributed by atoms with Crippen molar-refractivity contribution >= 4 is 0 Å². The fourth-order valence-corrected chi connectivity index (χ4v) is 2.93. The van der Waals surface area contributed by atoms with Gasteiger partial charge in [-0.05, 0) is 42.4 Å². The van der Waals surface area contributed by atoms with Gasteiger partial charge in [0, 0.05) is 6.04 Å². The van der Waals surface area contributed by atoms with E-state index in [0.717, 1.165) is 24.3 Å². The predicted molar refractivity (Wildman–Crippen MR) is 69.5 cm³/mol. The van der Waals surface area contributed by atoms with Crippen molar-refractivity contribution in [3.8, 4) is 5.75 Å². The number of hydrazine groups is 1. The zero-order valence-corrected chi connectivity index (χ0v) is 10.9. The van der Waals surface area contributed by atoms with Crippen LogP contribution in [0.25, 0.3) is 0 Å². The Morgan fingerprint density at radius 2 is 2.22 bits per heavy atom. The fourth-order valence-electron chi connectivity index (χ4n) is 2.93. The van der Waals surface area contributed by atoms with Crippen molar-refractivity contribution in [1.29, 1.82) is 0 Å². The Morgan fingerprint density at radius 3 is 2.72 bits per heavy atom. The summed E-state index contributed by atoms with van der Waals surface area (Å²) < 4.78 is 18.6. The lowest BCUT2D eigenvalue weighted by atomic mass is 9.91. The normalized spacial score (nSPS) is 25.1. The molecule has 0 spiro atoms. The van der Waals surface area contributed by atoms with E-state index in [4.69, 9.17) is 10.6 Å². The van der Waals surface area contributed by atoms with E-state index in [2.05, 4.69) is 12.3 Å². The molecule has 3 nitrogen and oxygen atoms in total. The highest BCUT2D eigenvalue weighted by molar-refractivity contribution is 5.31. The maximum Gasteiger partial charge on any atom is 0.165 e. The summed E-state index contributed by atoms with van der Waals surface area (Å²) in [5, 5.41) is 0. The molecule has 0 amide bonds. The number of nitrogens with two attached hydrogens (primary N) is 1. The Bertz CT molecular complexity index is 411. The Balaban J connectivity index is 2.19. The molecule has 18 heavy (non-hydrogen) atoms. The number of ether oxygens (including phenoxy) is 1. The van der Waals surface area contributed by atoms with Gasteiger partial charge in [0.25, 0.3) is 0 Å². The first-order chi connectivity index (χ1) is 8.65. The first kappa shape index (κ1) is 13.3. The van der Waals surface area contributed by atoms with Gasteiger partial charge in [0.1, 0.15) is 0 Å². The summed E-state index contributed by atoms with van der Waals surface area (Å²) in [4.78, 5) is 0. The van der Waals surface area contributed by atoms with Crippen LogP contribution in [0.4, 0.5) is 4.39 Å². The van der Waals surface area contributed by atoms with Gasteiger partial charge in [-0.15, -0.1) is 0 Å². The van der Waals surface area contributed by atoms with Gasteiger partial charge in [-0.25, -0.2) is 4.39 Å². The van der Waals surface area contributed by atoms with E-state index in [1.165, 1.54) is 19.6 Å². The van der Waals surface area contributed by atoms with Crippen LogP contribution in [0, 0.1) is 17.7 Å². The number of nitrogens with one attached hydrogen (secondary N) is 1. The summed E-state index contributed by atoms with van der Waals surface area (Å²) in [5.41, 5.74) is 3.74. The van der Waals surface area contributed by atoms with Crippen molar-refractivity contribution in [2.75, 3.05) is 7.11 Å². The van der Waals surface area contributed by atoms with Crippen LogP contribution in [0.3, 0.4) is 0 Å². The maximum atomic E-state index is 13.7. The van der Waals surface area contributed by atoms with Crippen LogP contribution in [0.15, 0.2) is 18.2 Å². The molecule has 4 heteroatoms. The Labute approximate surface area is 107 Å². The average molecular weight is 252 g/mol. The molecule has 2 rings (SSSR count). The fraction of sp³-hybridized carbons (Fsp3) is 0.571. The molecule has 1 aliphatic rings. The second-order valence-corrected chi connectivity index (χ2v) is 5.22. The minimum Gasteiger partial charge on any atom is -0.494 e. The highest BCUT2D eigenvalue weighted by atomic mass is 19.1. The standard InChI is InChI=1S/C14H21FN2O/c1-9-3-4-10(7-9)14(17-16)11-5-6-13(18-2)12(15)8-11/h5-6,8-10,14,17H,3-4,7,16H2,1-2H3. The molecule has 1 aromatic carbocycles. The third-order valence-corrected chi connectivity index (χ3v) is 3.92. The van der Waals surface area contributed by atoms with Crippen molar-refractivity contribution < 1.29 is 9.13 Å². The van der Waals surface area contributed by atoms with E-state index in [1.807, 2.05) is 6.07 Å². The van der Waals surface area contributed by atoms with Crippen molar-refractivity contribution in [3.05, 3.63) is 29.6 Å². The zero-order valence-electron chi connectivity index (χ0n) is 10.9. The van der Waals surface area contributed by atoms with Gasteiger partial charge in [0.05, 0.1) is 7.11 Å². The van der Waals surface area contributed by atoms with Crippen molar-refractivity contribution in [2.24, 2.45) is 17.7 Å². The Kier molecular flexibility index (Phi) is 4.19. The molecule has 0 bridgehead atoms. The first-order valence-corrected chi connectivity index (χ1v) is 6.45. The highest BCUT2D eigenvalue weighted by Crippen LogP contribution is 2.39. The van der Waals surface area contributed by atoms with Crippen LogP contribution in [-0.4, -0.2) is 7.11 Å². The Hall–Kier alpha value is -1.13. The molecular weight excluding hydrogens is 231 g/mol. The van der Waals surface area contributed by atoms with Gasteiger partial charge < -0.3 is 4.74 Å². The summed E-state index contributed by atoms with van der Waals surface area (Å²) in [6.45, 7) is 2.25. The molecule has 0 radical (unpaired) electrons. The second-order valence-electron chi connectivity index (χ2n) is 5.22. The molecule has 3 unspecified atom stereocenters. The number of benzene rings is 1. The summed E-state index contributed by atoms with van der Waals surface area (Å²) in [6.07, 6.45) is 3.51. The Morgan fingerprint density at radius 1 is 1.44 bits per heavy atom. The van der Waals surface area contributed by atoms with Gasteiger partial charge in [-0.3, -0.25) is 11.3 Å². The number of rotatable bonds is 4. The second kappa shape index (κ2) is 5.67. The summed E-state index contributed by atoms with van der Waals surface area (Å²) >= 11 is 0.